The van der Waals surface area contributed by atoms with Crippen LogP contribution in [0, 0.1) is 5.92 Å². The fraction of sp³-hybridized carbons (Fsp3) is 0.381. The first-order valence-electron chi connectivity index (χ1n) is 9.12. The van der Waals surface area contributed by atoms with Crippen LogP contribution in [0.15, 0.2) is 52.7 Å². The average Bonchev–Trinajstić information content (AvgIpc) is 2.64. The smallest absolute Gasteiger partial charge is 0.338 e. The molecule has 0 aliphatic carbocycles. The number of fused-ring (bicyclic) bond motifs is 1. The molecular formula is C21H24N2O3S. The van der Waals surface area contributed by atoms with E-state index in [9.17, 15) is 9.59 Å². The summed E-state index contributed by atoms with van der Waals surface area (Å²) in [6, 6.07) is 9.31. The molecule has 0 spiro atoms. The third-order valence-corrected chi connectivity index (χ3v) is 5.24. The Bertz CT molecular complexity index is 812. The zero-order valence-corrected chi connectivity index (χ0v) is 16.7. The van der Waals surface area contributed by atoms with Crippen molar-refractivity contribution >= 4 is 34.9 Å². The number of hydrogen-bond donors (Lipinski definition) is 0. The summed E-state index contributed by atoms with van der Waals surface area (Å²) in [4.78, 5) is 31.6. The van der Waals surface area contributed by atoms with Gasteiger partial charge in [-0.1, -0.05) is 68.1 Å². The first-order chi connectivity index (χ1) is 13.0. The molecule has 1 aromatic rings. The lowest BCUT2D eigenvalue weighted by Gasteiger charge is -2.37. The average molecular weight is 385 g/mol. The van der Waals surface area contributed by atoms with Gasteiger partial charge in [0.05, 0.1) is 23.9 Å². The first kappa shape index (κ1) is 19.4. The molecule has 2 aliphatic heterocycles. The van der Waals surface area contributed by atoms with Crippen molar-refractivity contribution in [2.24, 2.45) is 10.9 Å². The summed E-state index contributed by atoms with van der Waals surface area (Å²) >= 11 is 1.55. The summed E-state index contributed by atoms with van der Waals surface area (Å²) < 4.78 is 5.47. The molecule has 1 fully saturated rings. The van der Waals surface area contributed by atoms with E-state index in [0.717, 1.165) is 5.56 Å². The summed E-state index contributed by atoms with van der Waals surface area (Å²) in [5.74, 6) is 0.527. The topological polar surface area (TPSA) is 59.0 Å². The number of amides is 1. The summed E-state index contributed by atoms with van der Waals surface area (Å²) in [6.45, 7) is 6.12. The molecule has 0 unspecified atom stereocenters. The van der Waals surface area contributed by atoms with E-state index in [2.05, 4.69) is 4.99 Å². The SMILES string of the molecule is CC1=C(C(=O)OCC(C)C)[C@H](C=Cc2ccccc2)N2C(=O)CCSC2=N1. The Morgan fingerprint density at radius 1 is 1.37 bits per heavy atom. The van der Waals surface area contributed by atoms with Crippen LogP contribution in [-0.4, -0.2) is 40.3 Å². The van der Waals surface area contributed by atoms with Crippen LogP contribution in [0.3, 0.4) is 0 Å². The van der Waals surface area contributed by atoms with Gasteiger partial charge in [0, 0.05) is 12.2 Å². The number of benzene rings is 1. The number of rotatable bonds is 5. The fourth-order valence-electron chi connectivity index (χ4n) is 2.97. The monoisotopic (exact) mass is 384 g/mol. The lowest BCUT2D eigenvalue weighted by atomic mass is 10.00. The summed E-state index contributed by atoms with van der Waals surface area (Å²) in [5.41, 5.74) is 2.05. The van der Waals surface area contributed by atoms with Gasteiger partial charge < -0.3 is 4.74 Å². The van der Waals surface area contributed by atoms with Crippen molar-refractivity contribution in [2.75, 3.05) is 12.4 Å². The number of esters is 1. The number of carbonyl (C=O) groups is 2. The van der Waals surface area contributed by atoms with Gasteiger partial charge in [0.2, 0.25) is 5.91 Å². The van der Waals surface area contributed by atoms with Crippen LogP contribution < -0.4 is 0 Å². The van der Waals surface area contributed by atoms with E-state index in [-0.39, 0.29) is 11.8 Å². The molecule has 1 saturated heterocycles. The second-order valence-electron chi connectivity index (χ2n) is 6.96. The second-order valence-corrected chi connectivity index (χ2v) is 8.02. The van der Waals surface area contributed by atoms with E-state index in [4.69, 9.17) is 4.74 Å². The van der Waals surface area contributed by atoms with Crippen LogP contribution in [-0.2, 0) is 14.3 Å². The quantitative estimate of drug-likeness (QED) is 0.723. The molecule has 2 aliphatic rings. The van der Waals surface area contributed by atoms with Gasteiger partial charge in [0.15, 0.2) is 5.17 Å². The molecule has 2 heterocycles. The van der Waals surface area contributed by atoms with Crippen molar-refractivity contribution in [1.29, 1.82) is 0 Å². The van der Waals surface area contributed by atoms with Gasteiger partial charge in [-0.05, 0) is 18.4 Å². The van der Waals surface area contributed by atoms with Crippen LogP contribution in [0.5, 0.6) is 0 Å². The highest BCUT2D eigenvalue weighted by molar-refractivity contribution is 8.14. The van der Waals surface area contributed by atoms with Gasteiger partial charge in [0.25, 0.3) is 0 Å². The molecule has 142 valence electrons. The van der Waals surface area contributed by atoms with E-state index in [1.54, 1.807) is 23.6 Å². The Labute approximate surface area is 164 Å². The fourth-order valence-corrected chi connectivity index (χ4v) is 3.99. The number of aliphatic imine (C=N–C) groups is 1. The molecular weight excluding hydrogens is 360 g/mol. The number of nitrogens with zero attached hydrogens (tertiary/aromatic N) is 2. The van der Waals surface area contributed by atoms with Crippen molar-refractivity contribution in [3.8, 4) is 0 Å². The van der Waals surface area contributed by atoms with Crippen LogP contribution in [0.2, 0.25) is 0 Å². The number of hydrogen-bond acceptors (Lipinski definition) is 5. The number of thioether (sulfide) groups is 1. The minimum absolute atomic E-state index is 0.0168. The number of allylic oxidation sites excluding steroid dienone is 1. The molecule has 5 nitrogen and oxygen atoms in total. The van der Waals surface area contributed by atoms with E-state index >= 15 is 0 Å². The molecule has 6 heteroatoms. The highest BCUT2D eigenvalue weighted by Gasteiger charge is 2.39. The lowest BCUT2D eigenvalue weighted by molar-refractivity contribution is -0.140. The number of amidine groups is 1. The Kier molecular flexibility index (Phi) is 6.16. The molecule has 27 heavy (non-hydrogen) atoms. The standard InChI is InChI=1S/C21H24N2O3S/c1-14(2)13-26-20(25)19-15(3)22-21-23(18(24)11-12-27-21)17(19)10-9-16-7-5-4-6-8-16/h4-10,14,17H,11-13H2,1-3H3/t17-/m0/s1. The van der Waals surface area contributed by atoms with Gasteiger partial charge in [-0.2, -0.15) is 0 Å². The van der Waals surface area contributed by atoms with Crippen molar-refractivity contribution < 1.29 is 14.3 Å². The maximum Gasteiger partial charge on any atom is 0.338 e. The largest absolute Gasteiger partial charge is 0.462 e. The van der Waals surface area contributed by atoms with Crippen LogP contribution in [0.25, 0.3) is 6.08 Å². The molecule has 1 aromatic carbocycles. The minimum atomic E-state index is -0.502. The van der Waals surface area contributed by atoms with E-state index < -0.39 is 12.0 Å². The highest BCUT2D eigenvalue weighted by Crippen LogP contribution is 2.32. The van der Waals surface area contributed by atoms with Crippen molar-refractivity contribution in [1.82, 2.24) is 4.90 Å². The Hall–Kier alpha value is -2.34. The van der Waals surface area contributed by atoms with Gasteiger partial charge in [0.1, 0.15) is 0 Å². The van der Waals surface area contributed by atoms with E-state index in [1.165, 1.54) is 0 Å². The minimum Gasteiger partial charge on any atom is -0.462 e. The van der Waals surface area contributed by atoms with Gasteiger partial charge in [-0.3, -0.25) is 9.69 Å². The summed E-state index contributed by atoms with van der Waals surface area (Å²) in [7, 11) is 0. The van der Waals surface area contributed by atoms with Crippen molar-refractivity contribution in [3.05, 3.63) is 53.2 Å². The molecule has 0 radical (unpaired) electrons. The Morgan fingerprint density at radius 3 is 2.81 bits per heavy atom. The zero-order valence-electron chi connectivity index (χ0n) is 15.8. The van der Waals surface area contributed by atoms with Gasteiger partial charge >= 0.3 is 5.97 Å². The lowest BCUT2D eigenvalue weighted by Crippen LogP contribution is -2.49. The van der Waals surface area contributed by atoms with Crippen LogP contribution >= 0.6 is 11.8 Å². The second kappa shape index (κ2) is 8.57. The molecule has 0 bridgehead atoms. The van der Waals surface area contributed by atoms with Crippen LogP contribution in [0.1, 0.15) is 32.8 Å². The van der Waals surface area contributed by atoms with Crippen molar-refractivity contribution in [2.45, 2.75) is 33.2 Å². The maximum atomic E-state index is 12.8. The highest BCUT2D eigenvalue weighted by atomic mass is 32.2. The summed E-state index contributed by atoms with van der Waals surface area (Å²) in [6.07, 6.45) is 4.26. The molecule has 1 atom stereocenters. The Morgan fingerprint density at radius 2 is 2.11 bits per heavy atom. The molecule has 1 amide bonds. The maximum absolute atomic E-state index is 12.8. The van der Waals surface area contributed by atoms with Gasteiger partial charge in [-0.15, -0.1) is 0 Å². The predicted octanol–water partition coefficient (Wildman–Crippen LogP) is 3.88. The number of ether oxygens (including phenoxy) is 1. The molecule has 0 aromatic heterocycles. The summed E-state index contributed by atoms with van der Waals surface area (Å²) in [5, 5.41) is 0.659. The predicted molar refractivity (Wildman–Crippen MR) is 109 cm³/mol. The van der Waals surface area contributed by atoms with Crippen molar-refractivity contribution in [3.63, 3.8) is 0 Å². The zero-order chi connectivity index (χ0) is 19.4. The van der Waals surface area contributed by atoms with Crippen LogP contribution in [0.4, 0.5) is 0 Å². The number of carbonyl (C=O) groups excluding carboxylic acids is 2. The normalized spacial score (nSPS) is 20.1. The third kappa shape index (κ3) is 4.50. The molecule has 0 N–H and O–H groups in total. The Balaban J connectivity index is 1.97. The molecule has 3 rings (SSSR count). The van der Waals surface area contributed by atoms with E-state index in [1.807, 2.05) is 56.3 Å². The first-order valence-corrected chi connectivity index (χ1v) is 10.1. The third-order valence-electron chi connectivity index (χ3n) is 4.29. The van der Waals surface area contributed by atoms with Gasteiger partial charge in [-0.25, -0.2) is 9.79 Å². The molecule has 0 saturated carbocycles. The van der Waals surface area contributed by atoms with E-state index in [0.29, 0.717) is 35.2 Å².